The van der Waals surface area contributed by atoms with Crippen LogP contribution in [0.15, 0.2) is 29.2 Å². The molecule has 0 aromatic heterocycles. The Bertz CT molecular complexity index is 565. The summed E-state index contributed by atoms with van der Waals surface area (Å²) in [4.78, 5) is 10.3. The van der Waals surface area contributed by atoms with E-state index >= 15 is 0 Å². The normalized spacial score (nSPS) is 12.4. The number of ether oxygens (including phenoxy) is 1. The first-order valence-corrected chi connectivity index (χ1v) is 6.54. The second-order valence-electron chi connectivity index (χ2n) is 3.41. The molecule has 0 spiro atoms. The standard InChI is InChI=1S/C10H9F3O5S/c11-10(12,13)18-5-6-19(16,17)8-4-2-1-3-7(8)9(14)15/h1-4H,5-6H2,(H,14,15). The molecule has 0 radical (unpaired) electrons. The molecule has 0 aliphatic rings. The predicted octanol–water partition coefficient (Wildman–Crippen LogP) is 1.69. The molecule has 0 saturated heterocycles. The maximum absolute atomic E-state index is 11.7. The highest BCUT2D eigenvalue weighted by Crippen LogP contribution is 2.19. The van der Waals surface area contributed by atoms with Crippen molar-refractivity contribution >= 4 is 15.8 Å². The fourth-order valence-electron chi connectivity index (χ4n) is 1.29. The van der Waals surface area contributed by atoms with Gasteiger partial charge in [-0.2, -0.15) is 0 Å². The molecule has 1 aromatic rings. The van der Waals surface area contributed by atoms with E-state index < -0.39 is 45.0 Å². The lowest BCUT2D eigenvalue weighted by Crippen LogP contribution is -2.21. The van der Waals surface area contributed by atoms with Crippen molar-refractivity contribution in [1.82, 2.24) is 0 Å². The van der Waals surface area contributed by atoms with Crippen molar-refractivity contribution in [1.29, 1.82) is 0 Å². The fourth-order valence-corrected chi connectivity index (χ4v) is 2.59. The minimum absolute atomic E-state index is 0.491. The van der Waals surface area contributed by atoms with E-state index in [1.165, 1.54) is 12.1 Å². The topological polar surface area (TPSA) is 80.7 Å². The summed E-state index contributed by atoms with van der Waals surface area (Å²) in [6, 6.07) is 4.67. The summed E-state index contributed by atoms with van der Waals surface area (Å²) in [6.07, 6.45) is -4.93. The first-order chi connectivity index (χ1) is 8.63. The maximum Gasteiger partial charge on any atom is 0.522 e. The first kappa shape index (κ1) is 15.4. The Morgan fingerprint density at radius 2 is 1.84 bits per heavy atom. The third-order valence-corrected chi connectivity index (χ3v) is 3.80. The van der Waals surface area contributed by atoms with Gasteiger partial charge in [-0.05, 0) is 12.1 Å². The summed E-state index contributed by atoms with van der Waals surface area (Å²) < 4.78 is 62.0. The van der Waals surface area contributed by atoms with E-state index in [-0.39, 0.29) is 0 Å². The number of carbonyl (C=O) groups is 1. The van der Waals surface area contributed by atoms with Gasteiger partial charge in [-0.25, -0.2) is 13.2 Å². The van der Waals surface area contributed by atoms with Gasteiger partial charge in [0.2, 0.25) is 0 Å². The van der Waals surface area contributed by atoms with Crippen LogP contribution < -0.4 is 0 Å². The molecule has 1 aromatic carbocycles. The average Bonchev–Trinajstić information content (AvgIpc) is 2.27. The lowest BCUT2D eigenvalue weighted by Gasteiger charge is -2.09. The van der Waals surface area contributed by atoms with Crippen LogP contribution in [0.1, 0.15) is 10.4 Å². The lowest BCUT2D eigenvalue weighted by atomic mass is 10.2. The minimum Gasteiger partial charge on any atom is -0.478 e. The van der Waals surface area contributed by atoms with Crippen molar-refractivity contribution in [3.05, 3.63) is 29.8 Å². The highest BCUT2D eigenvalue weighted by molar-refractivity contribution is 7.91. The Hall–Kier alpha value is -1.61. The third-order valence-electron chi connectivity index (χ3n) is 2.07. The zero-order valence-electron chi connectivity index (χ0n) is 9.35. The highest BCUT2D eigenvalue weighted by Gasteiger charge is 2.30. The molecule has 0 unspecified atom stereocenters. The van der Waals surface area contributed by atoms with Crippen molar-refractivity contribution in [3.8, 4) is 0 Å². The molecule has 0 amide bonds. The zero-order chi connectivity index (χ0) is 14.7. The van der Waals surface area contributed by atoms with Gasteiger partial charge in [0.15, 0.2) is 9.84 Å². The van der Waals surface area contributed by atoms with E-state index in [1.807, 2.05) is 0 Å². The number of halogens is 3. The molecule has 0 saturated carbocycles. The van der Waals surface area contributed by atoms with Gasteiger partial charge in [-0.15, -0.1) is 13.2 Å². The van der Waals surface area contributed by atoms with Gasteiger partial charge < -0.3 is 5.11 Å². The first-order valence-electron chi connectivity index (χ1n) is 4.89. The molecule has 106 valence electrons. The fraction of sp³-hybridized carbons (Fsp3) is 0.300. The summed E-state index contributed by atoms with van der Waals surface area (Å²) in [7, 11) is -4.16. The molecule has 0 atom stereocenters. The number of carboxylic acids is 1. The van der Waals surface area contributed by atoms with Crippen molar-refractivity contribution in [2.75, 3.05) is 12.4 Å². The molecule has 5 nitrogen and oxygen atoms in total. The van der Waals surface area contributed by atoms with Gasteiger partial charge in [-0.3, -0.25) is 4.74 Å². The van der Waals surface area contributed by atoms with E-state index in [0.29, 0.717) is 0 Å². The monoisotopic (exact) mass is 298 g/mol. The van der Waals surface area contributed by atoms with Crippen LogP contribution in [0.2, 0.25) is 0 Å². The van der Waals surface area contributed by atoms with Crippen molar-refractivity contribution in [2.45, 2.75) is 11.3 Å². The van der Waals surface area contributed by atoms with Gasteiger partial charge in [0.05, 0.1) is 22.8 Å². The summed E-state index contributed by atoms with van der Waals surface area (Å²) in [5, 5.41) is 8.81. The number of rotatable bonds is 5. The maximum atomic E-state index is 11.7. The number of carboxylic acid groups (broad SMARTS) is 1. The summed E-state index contributed by atoms with van der Waals surface area (Å²) in [6.45, 7) is -1.10. The Balaban J connectivity index is 2.92. The number of sulfone groups is 1. The van der Waals surface area contributed by atoms with Crippen LogP contribution in [0.5, 0.6) is 0 Å². The van der Waals surface area contributed by atoms with E-state index in [2.05, 4.69) is 4.74 Å². The van der Waals surface area contributed by atoms with Gasteiger partial charge >= 0.3 is 12.3 Å². The minimum atomic E-state index is -4.93. The van der Waals surface area contributed by atoms with Crippen molar-refractivity contribution in [3.63, 3.8) is 0 Å². The van der Waals surface area contributed by atoms with Crippen LogP contribution in [0.3, 0.4) is 0 Å². The number of benzene rings is 1. The molecule has 19 heavy (non-hydrogen) atoms. The van der Waals surface area contributed by atoms with Crippen LogP contribution in [0, 0.1) is 0 Å². The van der Waals surface area contributed by atoms with Gasteiger partial charge in [0.25, 0.3) is 0 Å². The predicted molar refractivity (Wildman–Crippen MR) is 57.5 cm³/mol. The van der Waals surface area contributed by atoms with Gasteiger partial charge in [0.1, 0.15) is 0 Å². The summed E-state index contributed by atoms with van der Waals surface area (Å²) in [5.41, 5.74) is -0.491. The molecule has 0 heterocycles. The molecule has 0 aliphatic heterocycles. The van der Waals surface area contributed by atoms with Crippen LogP contribution in [-0.4, -0.2) is 38.2 Å². The van der Waals surface area contributed by atoms with Crippen LogP contribution in [0.25, 0.3) is 0 Å². The molecule has 0 bridgehead atoms. The Labute approximate surface area is 106 Å². The van der Waals surface area contributed by atoms with Crippen molar-refractivity contribution < 1.29 is 36.2 Å². The van der Waals surface area contributed by atoms with Crippen LogP contribution in [-0.2, 0) is 14.6 Å². The quantitative estimate of drug-likeness (QED) is 0.894. The second-order valence-corrected chi connectivity index (χ2v) is 5.49. The summed E-state index contributed by atoms with van der Waals surface area (Å²) >= 11 is 0. The molecule has 0 aliphatic carbocycles. The Morgan fingerprint density at radius 3 is 2.37 bits per heavy atom. The smallest absolute Gasteiger partial charge is 0.478 e. The third kappa shape index (κ3) is 4.52. The lowest BCUT2D eigenvalue weighted by molar-refractivity contribution is -0.322. The molecular weight excluding hydrogens is 289 g/mol. The number of alkyl halides is 3. The SMILES string of the molecule is O=C(O)c1ccccc1S(=O)(=O)CCOC(F)(F)F. The average molecular weight is 298 g/mol. The molecule has 9 heteroatoms. The van der Waals surface area contributed by atoms with E-state index in [1.54, 1.807) is 0 Å². The van der Waals surface area contributed by atoms with E-state index in [4.69, 9.17) is 5.11 Å². The highest BCUT2D eigenvalue weighted by atomic mass is 32.2. The summed E-state index contributed by atoms with van der Waals surface area (Å²) in [5.74, 6) is -2.44. The van der Waals surface area contributed by atoms with Gasteiger partial charge in [0, 0.05) is 0 Å². The Kier molecular flexibility index (Phi) is 4.53. The van der Waals surface area contributed by atoms with E-state index in [0.717, 1.165) is 12.1 Å². The Morgan fingerprint density at radius 1 is 1.26 bits per heavy atom. The molecule has 0 fully saturated rings. The largest absolute Gasteiger partial charge is 0.522 e. The van der Waals surface area contributed by atoms with E-state index in [9.17, 15) is 26.4 Å². The number of hydrogen-bond acceptors (Lipinski definition) is 4. The van der Waals surface area contributed by atoms with Gasteiger partial charge in [-0.1, -0.05) is 12.1 Å². The number of hydrogen-bond donors (Lipinski definition) is 1. The van der Waals surface area contributed by atoms with Crippen LogP contribution in [0.4, 0.5) is 13.2 Å². The second kappa shape index (κ2) is 5.57. The molecule has 1 rings (SSSR count). The zero-order valence-corrected chi connectivity index (χ0v) is 10.2. The number of aromatic carboxylic acids is 1. The van der Waals surface area contributed by atoms with Crippen molar-refractivity contribution in [2.24, 2.45) is 0 Å². The molecule has 1 N–H and O–H groups in total. The molecular formula is C10H9F3O5S. The van der Waals surface area contributed by atoms with Crippen LogP contribution >= 0.6 is 0 Å².